The molecule has 2 N–H and O–H groups in total. The Morgan fingerprint density at radius 2 is 1.84 bits per heavy atom. The predicted molar refractivity (Wildman–Crippen MR) is 94.6 cm³/mol. The molecule has 1 aromatic carbocycles. The van der Waals surface area contributed by atoms with E-state index < -0.39 is 22.6 Å². The first-order valence-corrected chi connectivity index (χ1v) is 9.64. The number of carbonyl (C=O) groups excluding carboxylic acids is 2. The highest BCUT2D eigenvalue weighted by atomic mass is 32.2. The van der Waals surface area contributed by atoms with Crippen molar-refractivity contribution in [1.82, 2.24) is 10.0 Å². The van der Waals surface area contributed by atoms with Gasteiger partial charge in [0.15, 0.2) is 6.61 Å². The zero-order chi connectivity index (χ0) is 19.0. The SMILES string of the molecule is CNS(=O)(=O)c1cccc(C(=O)OCC(=O)N[C@@H](C)CCC(C)C)c1. The van der Waals surface area contributed by atoms with Crippen LogP contribution >= 0.6 is 0 Å². The second-order valence-electron chi connectivity index (χ2n) is 6.25. The van der Waals surface area contributed by atoms with Crippen molar-refractivity contribution < 1.29 is 22.7 Å². The van der Waals surface area contributed by atoms with Gasteiger partial charge in [0.25, 0.3) is 5.91 Å². The van der Waals surface area contributed by atoms with Gasteiger partial charge in [-0.15, -0.1) is 0 Å². The number of ether oxygens (including phenoxy) is 1. The lowest BCUT2D eigenvalue weighted by Crippen LogP contribution is -2.36. The smallest absolute Gasteiger partial charge is 0.338 e. The summed E-state index contributed by atoms with van der Waals surface area (Å²) in [4.78, 5) is 23.8. The molecule has 0 aromatic heterocycles. The van der Waals surface area contributed by atoms with E-state index in [1.54, 1.807) is 0 Å². The molecule has 0 aliphatic heterocycles. The van der Waals surface area contributed by atoms with Crippen molar-refractivity contribution in [3.63, 3.8) is 0 Å². The summed E-state index contributed by atoms with van der Waals surface area (Å²) in [5, 5.41) is 2.76. The van der Waals surface area contributed by atoms with Crippen molar-refractivity contribution in [3.05, 3.63) is 29.8 Å². The van der Waals surface area contributed by atoms with Crippen molar-refractivity contribution in [2.45, 2.75) is 44.6 Å². The highest BCUT2D eigenvalue weighted by Crippen LogP contribution is 2.12. The Bertz CT molecular complexity index is 701. The third-order valence-corrected chi connectivity index (χ3v) is 4.98. The molecule has 0 aliphatic carbocycles. The second-order valence-corrected chi connectivity index (χ2v) is 8.14. The van der Waals surface area contributed by atoms with Crippen LogP contribution in [-0.4, -0.2) is 40.0 Å². The van der Waals surface area contributed by atoms with Crippen molar-refractivity contribution in [2.24, 2.45) is 5.92 Å². The first kappa shape index (κ1) is 21.1. The number of hydrogen-bond acceptors (Lipinski definition) is 5. The molecule has 0 radical (unpaired) electrons. The fourth-order valence-electron chi connectivity index (χ4n) is 2.09. The summed E-state index contributed by atoms with van der Waals surface area (Å²) in [6, 6.07) is 5.44. The fraction of sp³-hybridized carbons (Fsp3) is 0.529. The number of nitrogens with one attached hydrogen (secondary N) is 2. The van der Waals surface area contributed by atoms with Gasteiger partial charge in [0.1, 0.15) is 0 Å². The van der Waals surface area contributed by atoms with Crippen LogP contribution in [0.25, 0.3) is 0 Å². The Morgan fingerprint density at radius 3 is 2.44 bits per heavy atom. The van der Waals surface area contributed by atoms with Crippen LogP contribution in [0.4, 0.5) is 0 Å². The predicted octanol–water partition coefficient (Wildman–Crippen LogP) is 1.69. The van der Waals surface area contributed by atoms with Crippen molar-refractivity contribution in [2.75, 3.05) is 13.7 Å². The van der Waals surface area contributed by atoms with Crippen LogP contribution < -0.4 is 10.0 Å². The molecule has 0 bridgehead atoms. The van der Waals surface area contributed by atoms with Gasteiger partial charge in [0.2, 0.25) is 10.0 Å². The summed E-state index contributed by atoms with van der Waals surface area (Å²) >= 11 is 0. The molecule has 7 nitrogen and oxygen atoms in total. The molecule has 8 heteroatoms. The maximum atomic E-state index is 12.0. The third-order valence-electron chi connectivity index (χ3n) is 3.57. The van der Waals surface area contributed by atoms with E-state index in [1.807, 2.05) is 6.92 Å². The zero-order valence-corrected chi connectivity index (χ0v) is 15.9. The Labute approximate surface area is 149 Å². The van der Waals surface area contributed by atoms with Crippen LogP contribution in [0, 0.1) is 5.92 Å². The van der Waals surface area contributed by atoms with Crippen molar-refractivity contribution in [1.29, 1.82) is 0 Å². The van der Waals surface area contributed by atoms with Crippen LogP contribution in [0.1, 0.15) is 44.0 Å². The van der Waals surface area contributed by atoms with Crippen LogP contribution in [0.3, 0.4) is 0 Å². The van der Waals surface area contributed by atoms with Crippen LogP contribution in [-0.2, 0) is 19.6 Å². The van der Waals surface area contributed by atoms with Crippen molar-refractivity contribution in [3.8, 4) is 0 Å². The molecule has 0 spiro atoms. The molecule has 0 unspecified atom stereocenters. The van der Waals surface area contributed by atoms with Gasteiger partial charge in [-0.1, -0.05) is 19.9 Å². The Kier molecular flexibility index (Phi) is 8.05. The van der Waals surface area contributed by atoms with Crippen LogP contribution in [0.2, 0.25) is 0 Å². The fourth-order valence-corrected chi connectivity index (χ4v) is 2.87. The first-order valence-electron chi connectivity index (χ1n) is 8.15. The van der Waals surface area contributed by atoms with Gasteiger partial charge in [-0.3, -0.25) is 4.79 Å². The zero-order valence-electron chi connectivity index (χ0n) is 15.0. The monoisotopic (exact) mass is 370 g/mol. The molecule has 0 fully saturated rings. The number of carbonyl (C=O) groups is 2. The van der Waals surface area contributed by atoms with Crippen LogP contribution in [0.5, 0.6) is 0 Å². The van der Waals surface area contributed by atoms with Gasteiger partial charge in [-0.25, -0.2) is 17.9 Å². The minimum Gasteiger partial charge on any atom is -0.452 e. The largest absolute Gasteiger partial charge is 0.452 e. The van der Waals surface area contributed by atoms with Gasteiger partial charge in [-0.05, 0) is 50.9 Å². The van der Waals surface area contributed by atoms with Gasteiger partial charge in [0.05, 0.1) is 10.5 Å². The number of benzene rings is 1. The van der Waals surface area contributed by atoms with E-state index in [4.69, 9.17) is 4.74 Å². The number of rotatable bonds is 9. The normalized spacial score (nSPS) is 12.7. The second kappa shape index (κ2) is 9.53. The molecule has 0 aliphatic rings. The number of esters is 1. The van der Waals surface area contributed by atoms with Gasteiger partial charge < -0.3 is 10.1 Å². The van der Waals surface area contributed by atoms with E-state index in [0.717, 1.165) is 12.8 Å². The average Bonchev–Trinajstić information content (AvgIpc) is 2.58. The Balaban J connectivity index is 2.57. The lowest BCUT2D eigenvalue weighted by molar-refractivity contribution is -0.124. The topological polar surface area (TPSA) is 102 Å². The molecule has 0 saturated carbocycles. The highest BCUT2D eigenvalue weighted by molar-refractivity contribution is 7.89. The number of hydrogen-bond donors (Lipinski definition) is 2. The number of amides is 1. The molecule has 1 atom stereocenters. The van der Waals surface area contributed by atoms with E-state index in [-0.39, 0.29) is 22.4 Å². The van der Waals surface area contributed by atoms with Gasteiger partial charge in [0, 0.05) is 6.04 Å². The molecular formula is C17H26N2O5S. The average molecular weight is 370 g/mol. The summed E-state index contributed by atoms with van der Waals surface area (Å²) < 4.78 is 30.6. The van der Waals surface area contributed by atoms with Crippen molar-refractivity contribution >= 4 is 21.9 Å². The lowest BCUT2D eigenvalue weighted by Gasteiger charge is -2.15. The summed E-state index contributed by atoms with van der Waals surface area (Å²) in [6.45, 7) is 5.71. The quantitative estimate of drug-likeness (QED) is 0.644. The Morgan fingerprint density at radius 1 is 1.16 bits per heavy atom. The van der Waals surface area contributed by atoms with E-state index in [2.05, 4.69) is 23.9 Å². The van der Waals surface area contributed by atoms with E-state index in [9.17, 15) is 18.0 Å². The molecular weight excluding hydrogens is 344 g/mol. The van der Waals surface area contributed by atoms with Gasteiger partial charge >= 0.3 is 5.97 Å². The first-order chi connectivity index (χ1) is 11.7. The highest BCUT2D eigenvalue weighted by Gasteiger charge is 2.16. The van der Waals surface area contributed by atoms with E-state index >= 15 is 0 Å². The molecule has 1 amide bonds. The van der Waals surface area contributed by atoms with E-state index in [0.29, 0.717) is 5.92 Å². The third kappa shape index (κ3) is 7.23. The molecule has 1 rings (SSSR count). The molecule has 0 heterocycles. The van der Waals surface area contributed by atoms with Gasteiger partial charge in [-0.2, -0.15) is 0 Å². The van der Waals surface area contributed by atoms with E-state index in [1.165, 1.54) is 31.3 Å². The molecule has 0 saturated heterocycles. The lowest BCUT2D eigenvalue weighted by atomic mass is 10.0. The molecule has 1 aromatic rings. The Hall–Kier alpha value is -1.93. The maximum Gasteiger partial charge on any atom is 0.338 e. The number of sulfonamides is 1. The standard InChI is InChI=1S/C17H26N2O5S/c1-12(2)8-9-13(3)19-16(20)11-24-17(21)14-6-5-7-15(10-14)25(22,23)18-4/h5-7,10,12-13,18H,8-9,11H2,1-4H3,(H,19,20)/t13-/m0/s1. The maximum absolute atomic E-state index is 12.0. The minimum atomic E-state index is -3.65. The minimum absolute atomic E-state index is 0.00213. The molecule has 25 heavy (non-hydrogen) atoms. The molecule has 140 valence electrons. The summed E-state index contributed by atoms with van der Waals surface area (Å²) in [7, 11) is -2.37. The summed E-state index contributed by atoms with van der Waals surface area (Å²) in [5.41, 5.74) is 0.0666. The summed E-state index contributed by atoms with van der Waals surface area (Å²) in [6.07, 6.45) is 1.84. The summed E-state index contributed by atoms with van der Waals surface area (Å²) in [5.74, 6) is -0.583. The van der Waals surface area contributed by atoms with Crippen LogP contribution in [0.15, 0.2) is 29.2 Å².